The molecule has 2 saturated heterocycles. The summed E-state index contributed by atoms with van der Waals surface area (Å²) in [6.07, 6.45) is 3.48. The molecule has 4 aromatic rings. The number of hydrogen-bond acceptors (Lipinski definition) is 6. The van der Waals surface area contributed by atoms with Crippen molar-refractivity contribution in [2.75, 3.05) is 31.9 Å². The van der Waals surface area contributed by atoms with Crippen LogP contribution in [0.25, 0.3) is 22.2 Å². The number of carbonyl (C=O) groups excluding carboxylic acids is 1. The molecule has 2 aliphatic heterocycles. The first-order valence-corrected chi connectivity index (χ1v) is 14.0. The van der Waals surface area contributed by atoms with Gasteiger partial charge in [0.05, 0.1) is 5.39 Å². The monoisotopic (exact) mass is 546 g/mol. The molecule has 0 unspecified atom stereocenters. The SMILES string of the molecule is C=C(C)C(=O)N1CCC(N2CC(C#Cc3c(-c4ccc(Oc5ccccc5)cc4)c4c(N)ncnc4n3C)C2)CC1. The van der Waals surface area contributed by atoms with Crippen LogP contribution in [0.5, 0.6) is 11.5 Å². The molecular weight excluding hydrogens is 512 g/mol. The van der Waals surface area contributed by atoms with Gasteiger partial charge in [-0.15, -0.1) is 0 Å². The van der Waals surface area contributed by atoms with E-state index < -0.39 is 0 Å². The number of ether oxygens (including phenoxy) is 1. The van der Waals surface area contributed by atoms with Crippen molar-refractivity contribution in [1.29, 1.82) is 0 Å². The van der Waals surface area contributed by atoms with Gasteiger partial charge >= 0.3 is 0 Å². The Morgan fingerprint density at radius 1 is 1.02 bits per heavy atom. The highest BCUT2D eigenvalue weighted by atomic mass is 16.5. The number of anilines is 1. The van der Waals surface area contributed by atoms with Gasteiger partial charge in [0.2, 0.25) is 5.91 Å². The average Bonchev–Trinajstić information content (AvgIpc) is 3.25. The van der Waals surface area contributed by atoms with E-state index in [-0.39, 0.29) is 5.91 Å². The summed E-state index contributed by atoms with van der Waals surface area (Å²) in [5, 5.41) is 0.808. The molecule has 4 heterocycles. The maximum Gasteiger partial charge on any atom is 0.248 e. The van der Waals surface area contributed by atoms with E-state index in [4.69, 9.17) is 10.5 Å². The van der Waals surface area contributed by atoms with Gasteiger partial charge in [0, 0.05) is 56.3 Å². The highest BCUT2D eigenvalue weighted by molar-refractivity contribution is 6.03. The quantitative estimate of drug-likeness (QED) is 0.284. The number of para-hydroxylation sites is 1. The number of aromatic nitrogens is 3. The number of carbonyl (C=O) groups is 1. The lowest BCUT2D eigenvalue weighted by molar-refractivity contribution is -0.128. The smallest absolute Gasteiger partial charge is 0.248 e. The summed E-state index contributed by atoms with van der Waals surface area (Å²) in [6.45, 7) is 9.05. The molecule has 0 radical (unpaired) electrons. The minimum Gasteiger partial charge on any atom is -0.457 e. The van der Waals surface area contributed by atoms with Crippen LogP contribution >= 0.6 is 0 Å². The molecule has 41 heavy (non-hydrogen) atoms. The zero-order valence-electron chi connectivity index (χ0n) is 23.5. The van der Waals surface area contributed by atoms with Crippen molar-refractivity contribution in [3.05, 3.63) is 78.8 Å². The number of piperidine rings is 1. The number of nitrogens with two attached hydrogens (primary N) is 1. The fourth-order valence-corrected chi connectivity index (χ4v) is 5.79. The number of amides is 1. The van der Waals surface area contributed by atoms with Gasteiger partial charge in [0.1, 0.15) is 35.0 Å². The molecule has 0 spiro atoms. The number of hydrogen-bond donors (Lipinski definition) is 1. The van der Waals surface area contributed by atoms with Crippen molar-refractivity contribution in [2.24, 2.45) is 13.0 Å². The summed E-state index contributed by atoms with van der Waals surface area (Å²) >= 11 is 0. The van der Waals surface area contributed by atoms with Gasteiger partial charge in [-0.1, -0.05) is 42.8 Å². The van der Waals surface area contributed by atoms with E-state index in [1.807, 2.05) is 71.1 Å². The highest BCUT2D eigenvalue weighted by Gasteiger charge is 2.34. The fraction of sp³-hybridized carbons (Fsp3) is 0.303. The summed E-state index contributed by atoms with van der Waals surface area (Å²) in [7, 11) is 1.97. The number of benzene rings is 2. The molecule has 1 amide bonds. The van der Waals surface area contributed by atoms with E-state index in [0.717, 1.165) is 78.4 Å². The van der Waals surface area contributed by atoms with Gasteiger partial charge in [-0.25, -0.2) is 9.97 Å². The number of rotatable bonds is 5. The second-order valence-electron chi connectivity index (χ2n) is 10.9. The maximum atomic E-state index is 12.2. The van der Waals surface area contributed by atoms with Crippen molar-refractivity contribution in [3.63, 3.8) is 0 Å². The second-order valence-corrected chi connectivity index (χ2v) is 10.9. The van der Waals surface area contributed by atoms with Gasteiger partial charge < -0.3 is 19.9 Å². The van der Waals surface area contributed by atoms with Crippen LogP contribution in [0.15, 0.2) is 73.1 Å². The Morgan fingerprint density at radius 2 is 1.71 bits per heavy atom. The molecule has 2 aromatic carbocycles. The molecular formula is C33H34N6O2. The van der Waals surface area contributed by atoms with Crippen LogP contribution in [0.2, 0.25) is 0 Å². The first kappa shape index (κ1) is 26.6. The lowest BCUT2D eigenvalue weighted by Crippen LogP contribution is -2.55. The third-order valence-corrected chi connectivity index (χ3v) is 8.06. The molecule has 0 atom stereocenters. The summed E-state index contributed by atoms with van der Waals surface area (Å²) < 4.78 is 8.00. The van der Waals surface area contributed by atoms with E-state index in [1.165, 1.54) is 6.33 Å². The second kappa shape index (κ2) is 11.1. The van der Waals surface area contributed by atoms with E-state index in [1.54, 1.807) is 6.92 Å². The summed E-state index contributed by atoms with van der Waals surface area (Å²) in [5.41, 5.74) is 10.5. The Kier molecular flexibility index (Phi) is 7.21. The largest absolute Gasteiger partial charge is 0.457 e. The highest BCUT2D eigenvalue weighted by Crippen LogP contribution is 2.37. The van der Waals surface area contributed by atoms with E-state index >= 15 is 0 Å². The Morgan fingerprint density at radius 3 is 2.39 bits per heavy atom. The van der Waals surface area contributed by atoms with Gasteiger partial charge in [0.15, 0.2) is 0 Å². The first-order chi connectivity index (χ1) is 19.9. The molecule has 8 nitrogen and oxygen atoms in total. The number of nitrogens with zero attached hydrogens (tertiary/aromatic N) is 5. The van der Waals surface area contributed by atoms with Crippen molar-refractivity contribution in [2.45, 2.75) is 25.8 Å². The minimum absolute atomic E-state index is 0.0743. The predicted octanol–water partition coefficient (Wildman–Crippen LogP) is 4.86. The summed E-state index contributed by atoms with van der Waals surface area (Å²) in [5.74, 6) is 9.34. The minimum atomic E-state index is 0.0743. The predicted molar refractivity (Wildman–Crippen MR) is 161 cm³/mol. The molecule has 2 aromatic heterocycles. The van der Waals surface area contributed by atoms with Crippen LogP contribution in [0.4, 0.5) is 5.82 Å². The van der Waals surface area contributed by atoms with Crippen LogP contribution in [-0.2, 0) is 11.8 Å². The van der Waals surface area contributed by atoms with Gasteiger partial charge in [-0.05, 0) is 55.5 Å². The lowest BCUT2D eigenvalue weighted by Gasteiger charge is -2.45. The van der Waals surface area contributed by atoms with Crippen molar-refractivity contribution < 1.29 is 9.53 Å². The molecule has 2 fully saturated rings. The Balaban J connectivity index is 1.20. The van der Waals surface area contributed by atoms with Crippen LogP contribution in [0, 0.1) is 17.8 Å². The third-order valence-electron chi connectivity index (χ3n) is 8.06. The van der Waals surface area contributed by atoms with Crippen LogP contribution in [0.3, 0.4) is 0 Å². The maximum absolute atomic E-state index is 12.2. The van der Waals surface area contributed by atoms with E-state index in [0.29, 0.717) is 23.4 Å². The van der Waals surface area contributed by atoms with E-state index in [9.17, 15) is 4.79 Å². The molecule has 8 heteroatoms. The Hall–Kier alpha value is -4.61. The van der Waals surface area contributed by atoms with Crippen molar-refractivity contribution in [3.8, 4) is 34.5 Å². The Bertz CT molecular complexity index is 1650. The number of aryl methyl sites for hydroxylation is 1. The fourth-order valence-electron chi connectivity index (χ4n) is 5.79. The molecule has 0 bridgehead atoms. The number of fused-ring (bicyclic) bond motifs is 1. The van der Waals surface area contributed by atoms with Gasteiger partial charge in [-0.3, -0.25) is 9.69 Å². The van der Waals surface area contributed by atoms with Crippen molar-refractivity contribution >= 4 is 22.8 Å². The normalized spacial score (nSPS) is 16.2. The van der Waals surface area contributed by atoms with Crippen LogP contribution < -0.4 is 10.5 Å². The van der Waals surface area contributed by atoms with Crippen LogP contribution in [0.1, 0.15) is 25.5 Å². The van der Waals surface area contributed by atoms with Crippen LogP contribution in [-0.4, -0.2) is 62.5 Å². The molecule has 2 N–H and O–H groups in total. The third kappa shape index (κ3) is 5.29. The number of likely N-dealkylation sites (tertiary alicyclic amines) is 2. The van der Waals surface area contributed by atoms with Gasteiger partial charge in [-0.2, -0.15) is 0 Å². The zero-order chi connectivity index (χ0) is 28.5. The Labute approximate surface area is 240 Å². The van der Waals surface area contributed by atoms with Gasteiger partial charge in [0.25, 0.3) is 0 Å². The molecule has 0 aliphatic carbocycles. The number of nitrogen functional groups attached to an aromatic ring is 1. The van der Waals surface area contributed by atoms with Crippen molar-refractivity contribution in [1.82, 2.24) is 24.3 Å². The lowest BCUT2D eigenvalue weighted by atomic mass is 9.93. The zero-order valence-corrected chi connectivity index (χ0v) is 23.5. The molecule has 6 rings (SSSR count). The molecule has 208 valence electrons. The molecule has 2 aliphatic rings. The topological polar surface area (TPSA) is 89.5 Å². The first-order valence-electron chi connectivity index (χ1n) is 14.0. The molecule has 0 saturated carbocycles. The van der Waals surface area contributed by atoms with E-state index in [2.05, 4.69) is 33.3 Å². The standard InChI is InChI=1S/C33H34N6O2/c1-22(2)33(40)38-17-15-25(16-18-38)39-19-23(20-39)9-14-28-29(30-31(34)35-21-36-32(30)37(28)3)24-10-12-27(13-11-24)41-26-7-5-4-6-8-26/h4-8,10-13,21,23,25H,1,15-20H2,2-3H3,(H2,34,35,36). The summed E-state index contributed by atoms with van der Waals surface area (Å²) in [4.78, 5) is 25.5. The average molecular weight is 547 g/mol. The summed E-state index contributed by atoms with van der Waals surface area (Å²) in [6, 6.07) is 18.2.